The van der Waals surface area contributed by atoms with Crippen LogP contribution in [0.4, 0.5) is 22.0 Å². The minimum atomic E-state index is -5.33. The number of hydrogen-bond donors (Lipinski definition) is 5. The first kappa shape index (κ1) is 83.6. The molecule has 25 nitrogen and oxygen atoms in total. The van der Waals surface area contributed by atoms with Gasteiger partial charge < -0.3 is 65.6 Å². The maximum Gasteiger partial charge on any atom is 0.422 e. The lowest BCUT2D eigenvalue weighted by Gasteiger charge is -2.45. The Morgan fingerprint density at radius 3 is 1.83 bits per heavy atom. The Morgan fingerprint density at radius 2 is 1.32 bits per heavy atom. The van der Waals surface area contributed by atoms with Crippen LogP contribution in [0.1, 0.15) is 160 Å². The van der Waals surface area contributed by atoms with Crippen LogP contribution < -0.4 is 21.3 Å². The normalized spacial score (nSPS) is 18.9. The van der Waals surface area contributed by atoms with Gasteiger partial charge in [0.2, 0.25) is 65.0 Å². The first-order valence-corrected chi connectivity index (χ1v) is 35.9. The van der Waals surface area contributed by atoms with Crippen molar-refractivity contribution in [3.05, 3.63) is 70.3 Å². The molecule has 2 aliphatic heterocycles. The van der Waals surface area contributed by atoms with Crippen LogP contribution in [0.2, 0.25) is 0 Å². The molecule has 2 saturated heterocycles. The highest BCUT2D eigenvalue weighted by molar-refractivity contribution is 6.00. The number of carbonyl (C=O) groups is 12. The molecule has 4 fully saturated rings. The first-order valence-electron chi connectivity index (χ1n) is 35.9. The van der Waals surface area contributed by atoms with Crippen LogP contribution in [0.15, 0.2) is 36.4 Å². The number of hydrogen-bond acceptors (Lipinski definition) is 13. The maximum atomic E-state index is 15.2. The van der Waals surface area contributed by atoms with Crippen molar-refractivity contribution in [2.45, 2.75) is 224 Å². The van der Waals surface area contributed by atoms with E-state index in [1.807, 2.05) is 20.8 Å². The Hall–Kier alpha value is -8.31. The number of alkyl halides is 3. The molecule has 2 heterocycles. The van der Waals surface area contributed by atoms with E-state index >= 15 is 4.79 Å². The van der Waals surface area contributed by atoms with E-state index in [9.17, 15) is 79.8 Å². The molecule has 2 saturated carbocycles. The molecular formula is C73H107F5N12O13. The van der Waals surface area contributed by atoms with Crippen molar-refractivity contribution in [2.24, 2.45) is 17.8 Å². The molecule has 0 spiro atoms. The minimum Gasteiger partial charge on any atom is -0.480 e. The van der Waals surface area contributed by atoms with E-state index in [4.69, 9.17) is 0 Å². The lowest BCUT2D eigenvalue weighted by Crippen LogP contribution is -2.65. The molecule has 572 valence electrons. The maximum absolute atomic E-state index is 15.2. The number of likely N-dealkylation sites (tertiary alicyclic amines) is 1. The van der Waals surface area contributed by atoms with Gasteiger partial charge in [-0.05, 0) is 133 Å². The molecule has 6 rings (SSSR count). The van der Waals surface area contributed by atoms with Gasteiger partial charge in [-0.1, -0.05) is 89.6 Å². The van der Waals surface area contributed by atoms with E-state index < -0.39 is 180 Å². The summed E-state index contributed by atoms with van der Waals surface area (Å²) in [6.07, 6.45) is 0.167. The highest BCUT2D eigenvalue weighted by Crippen LogP contribution is 2.38. The van der Waals surface area contributed by atoms with Crippen molar-refractivity contribution < 1.29 is 84.6 Å². The van der Waals surface area contributed by atoms with E-state index in [0.717, 1.165) is 29.7 Å². The monoisotopic (exact) mass is 1450 g/mol. The molecule has 0 radical (unpaired) electrons. The summed E-state index contributed by atoms with van der Waals surface area (Å²) in [5.74, 6) is -13.3. The second-order valence-electron chi connectivity index (χ2n) is 29.2. The third kappa shape index (κ3) is 20.6. The van der Waals surface area contributed by atoms with E-state index in [1.54, 1.807) is 52.1 Å². The minimum absolute atomic E-state index is 0.0782. The first-order chi connectivity index (χ1) is 48.3. The molecule has 5 N–H and O–H groups in total. The standard InChI is InChI=1S/C73H107F5N12O13/c1-15-44(6)60(81-63(94)54(36-42(3)4)86(12)58(92)40-55(65(96)83(8)9)87(13)69(100)61(48-22-17-18-23-48)88(14)71(103)72(32-19-20-33-72)82-62(93)51-24-21-34-79-51)68(99)85(11)45(7)64(95)90-35-31-53(90)67(98)89(16-2)56(39-46-27-25-43(5)26-28-46)66(97)84(10)41-57(91)80-52(70(101)102)30-29-47-37-49(74)59(50(75)38-47)73(76,77)78/h25-28,37-38,42,44-45,48,51-56,60-61,79H,15-24,29-36,39-41H2,1-14H3,(H,80,91)(H,81,94)(H,82,93)(H,101,102)/t44-,45-,51-,52-,53-,54-,55-,56-,60-,61-/m0/s1. The van der Waals surface area contributed by atoms with Gasteiger partial charge in [-0.3, -0.25) is 52.7 Å². The van der Waals surface area contributed by atoms with Crippen molar-refractivity contribution >= 4 is 70.9 Å². The molecule has 4 aliphatic rings. The summed E-state index contributed by atoms with van der Waals surface area (Å²) < 4.78 is 68.3. The zero-order valence-corrected chi connectivity index (χ0v) is 62.1. The zero-order chi connectivity index (χ0) is 76.9. The fourth-order valence-electron chi connectivity index (χ4n) is 14.5. The average Bonchev–Trinajstić information content (AvgIpc) is 1.77. The van der Waals surface area contributed by atoms with Crippen LogP contribution in [0.5, 0.6) is 0 Å². The number of carbonyl (C=O) groups excluding carboxylic acids is 11. The molecule has 0 bridgehead atoms. The number of aliphatic carboxylic acids is 1. The van der Waals surface area contributed by atoms with Gasteiger partial charge >= 0.3 is 12.1 Å². The van der Waals surface area contributed by atoms with Crippen molar-refractivity contribution in [1.82, 2.24) is 60.5 Å². The lowest BCUT2D eigenvalue weighted by molar-refractivity contribution is -0.161. The number of rotatable bonds is 33. The fraction of sp³-hybridized carbons (Fsp3) is 0.671. The van der Waals surface area contributed by atoms with Gasteiger partial charge in [0, 0.05) is 68.8 Å². The number of nitrogens with zero attached hydrogens (tertiary/aromatic N) is 8. The molecule has 2 aromatic carbocycles. The van der Waals surface area contributed by atoms with E-state index in [0.29, 0.717) is 75.6 Å². The van der Waals surface area contributed by atoms with Crippen molar-refractivity contribution in [3.8, 4) is 0 Å². The number of likely N-dealkylation sites (N-methyl/N-ethyl adjacent to an activating group) is 7. The zero-order valence-electron chi connectivity index (χ0n) is 62.1. The van der Waals surface area contributed by atoms with Crippen LogP contribution in [-0.2, 0) is 76.6 Å². The molecule has 10 atom stereocenters. The molecule has 30 heteroatoms. The van der Waals surface area contributed by atoms with Gasteiger partial charge in [-0.2, -0.15) is 13.2 Å². The van der Waals surface area contributed by atoms with Crippen LogP contribution >= 0.6 is 0 Å². The average molecular weight is 1460 g/mol. The molecule has 11 amide bonds. The molecule has 2 aliphatic carbocycles. The summed E-state index contributed by atoms with van der Waals surface area (Å²) in [5.41, 5.74) is -2.16. The van der Waals surface area contributed by atoms with E-state index in [2.05, 4.69) is 21.3 Å². The predicted molar refractivity (Wildman–Crippen MR) is 371 cm³/mol. The topological polar surface area (TPSA) is 299 Å². The van der Waals surface area contributed by atoms with Gasteiger partial charge in [0.15, 0.2) is 0 Å². The van der Waals surface area contributed by atoms with Crippen molar-refractivity contribution in [2.75, 3.05) is 75.5 Å². The number of aryl methyl sites for hydroxylation is 2. The van der Waals surface area contributed by atoms with Gasteiger partial charge in [0.05, 0.1) is 19.0 Å². The Bertz CT molecular complexity index is 3370. The Labute approximate surface area is 601 Å². The second-order valence-corrected chi connectivity index (χ2v) is 29.2. The number of carboxylic acids is 1. The van der Waals surface area contributed by atoms with Crippen LogP contribution in [0, 0.1) is 36.3 Å². The quantitative estimate of drug-likeness (QED) is 0.0584. The van der Waals surface area contributed by atoms with Gasteiger partial charge in [-0.15, -0.1) is 0 Å². The molecule has 103 heavy (non-hydrogen) atoms. The third-order valence-corrected chi connectivity index (χ3v) is 21.2. The summed E-state index contributed by atoms with van der Waals surface area (Å²) >= 11 is 0. The van der Waals surface area contributed by atoms with Crippen LogP contribution in [0.25, 0.3) is 0 Å². The summed E-state index contributed by atoms with van der Waals surface area (Å²) in [6, 6.07) is -2.82. The molecule has 0 aromatic heterocycles. The summed E-state index contributed by atoms with van der Waals surface area (Å²) in [5, 5.41) is 21.4. The molecule has 0 unspecified atom stereocenters. The highest BCUT2D eigenvalue weighted by Gasteiger charge is 2.51. The summed E-state index contributed by atoms with van der Waals surface area (Å²) in [6.45, 7) is 12.1. The summed E-state index contributed by atoms with van der Waals surface area (Å²) in [4.78, 5) is 182. The number of halogens is 5. The number of benzene rings is 2. The predicted octanol–water partition coefficient (Wildman–Crippen LogP) is 5.07. The summed E-state index contributed by atoms with van der Waals surface area (Å²) in [7, 11) is 10.0. The number of amides is 11. The largest absolute Gasteiger partial charge is 0.480 e. The third-order valence-electron chi connectivity index (χ3n) is 21.2. The van der Waals surface area contributed by atoms with Crippen molar-refractivity contribution in [1.29, 1.82) is 0 Å². The SMILES string of the molecule is CC[C@H](C)[C@H](NC(=O)[C@H](CC(C)C)N(C)C(=O)C[C@@H](C(=O)N(C)C)N(C)C(=O)[C@H](C1CCCC1)N(C)C(=O)C1(NC(=O)[C@@H]2CCCN2)CCCC1)C(=O)N(C)[C@@H](C)C(=O)N1CC[C@H]1C(=O)N(CC)[C@@H](Cc1ccc(C)cc1)C(=O)N(C)CC(=O)N[C@@H](CCc1cc(F)c(C(F)(F)F)c(F)c1)C(=O)O. The van der Waals surface area contributed by atoms with E-state index in [1.165, 1.54) is 83.5 Å². The van der Waals surface area contributed by atoms with Crippen molar-refractivity contribution in [3.63, 3.8) is 0 Å². The van der Waals surface area contributed by atoms with Crippen LogP contribution in [-0.4, -0.2) is 251 Å². The molecular weight excluding hydrogens is 1350 g/mol. The Kier molecular flexibility index (Phi) is 29.6. The van der Waals surface area contributed by atoms with Crippen LogP contribution in [0.3, 0.4) is 0 Å². The second kappa shape index (κ2) is 36.4. The number of nitrogens with one attached hydrogen (secondary N) is 4. The highest BCUT2D eigenvalue weighted by atomic mass is 19.4. The Balaban J connectivity index is 1.15. The van der Waals surface area contributed by atoms with E-state index in [-0.39, 0.29) is 55.7 Å². The fourth-order valence-corrected chi connectivity index (χ4v) is 14.5. The molecule has 2 aromatic rings. The van der Waals surface area contributed by atoms with Gasteiger partial charge in [0.25, 0.3) is 0 Å². The number of carboxylic acid groups (broad SMARTS) is 1. The lowest BCUT2D eigenvalue weighted by atomic mass is 9.90. The Morgan fingerprint density at radius 1 is 0.709 bits per heavy atom. The smallest absolute Gasteiger partial charge is 0.422 e. The van der Waals surface area contributed by atoms with Gasteiger partial charge in [0.1, 0.15) is 71.1 Å². The van der Waals surface area contributed by atoms with Gasteiger partial charge in [-0.25, -0.2) is 13.6 Å².